The van der Waals surface area contributed by atoms with Gasteiger partial charge in [-0.25, -0.2) is 0 Å². The lowest BCUT2D eigenvalue weighted by Crippen LogP contribution is -2.32. The van der Waals surface area contributed by atoms with Crippen molar-refractivity contribution < 1.29 is 0 Å². The summed E-state index contributed by atoms with van der Waals surface area (Å²) in [7, 11) is 1.98. The van der Waals surface area contributed by atoms with Crippen molar-refractivity contribution in [2.75, 3.05) is 6.54 Å². The number of nitrogens with one attached hydrogen (secondary N) is 1. The van der Waals surface area contributed by atoms with Crippen molar-refractivity contribution in [3.05, 3.63) is 16.4 Å². The first-order valence-electron chi connectivity index (χ1n) is 6.53. The lowest BCUT2D eigenvalue weighted by atomic mass is 10.0. The van der Waals surface area contributed by atoms with Gasteiger partial charge in [0.25, 0.3) is 0 Å². The third-order valence-corrected chi connectivity index (χ3v) is 4.00. The van der Waals surface area contributed by atoms with Crippen molar-refractivity contribution in [1.82, 2.24) is 15.1 Å². The summed E-state index contributed by atoms with van der Waals surface area (Å²) in [6, 6.07) is 0.541. The normalized spacial score (nSPS) is 17.4. The van der Waals surface area contributed by atoms with E-state index in [9.17, 15) is 0 Å². The average Bonchev–Trinajstić information content (AvgIpc) is 3.04. The zero-order valence-electron chi connectivity index (χ0n) is 11.0. The van der Waals surface area contributed by atoms with Gasteiger partial charge in [-0.05, 0) is 25.8 Å². The van der Waals surface area contributed by atoms with Crippen molar-refractivity contribution in [1.29, 1.82) is 0 Å². The molecule has 1 N–H and O–H groups in total. The SMILES string of the molecule is CCNC(Cc1c(Cl)c(C)nn1C)CC1CC1. The van der Waals surface area contributed by atoms with E-state index >= 15 is 0 Å². The van der Waals surface area contributed by atoms with Gasteiger partial charge in [-0.3, -0.25) is 4.68 Å². The summed E-state index contributed by atoms with van der Waals surface area (Å²) in [5, 5.41) is 8.78. The van der Waals surface area contributed by atoms with Crippen molar-refractivity contribution in [3.63, 3.8) is 0 Å². The van der Waals surface area contributed by atoms with E-state index in [4.69, 9.17) is 11.6 Å². The summed E-state index contributed by atoms with van der Waals surface area (Å²) in [6.45, 7) is 5.15. The Morgan fingerprint density at radius 3 is 2.71 bits per heavy atom. The fraction of sp³-hybridized carbons (Fsp3) is 0.769. The highest BCUT2D eigenvalue weighted by Gasteiger charge is 2.26. The molecule has 0 aromatic carbocycles. The maximum absolute atomic E-state index is 6.30. The molecular weight excluding hydrogens is 234 g/mol. The predicted molar refractivity (Wildman–Crippen MR) is 71.5 cm³/mol. The van der Waals surface area contributed by atoms with Crippen molar-refractivity contribution in [3.8, 4) is 0 Å². The van der Waals surface area contributed by atoms with Gasteiger partial charge in [0.05, 0.1) is 16.4 Å². The molecule has 4 heteroatoms. The van der Waals surface area contributed by atoms with Crippen LogP contribution in [0, 0.1) is 12.8 Å². The van der Waals surface area contributed by atoms with E-state index < -0.39 is 0 Å². The molecule has 0 radical (unpaired) electrons. The Kier molecular flexibility index (Phi) is 4.10. The Morgan fingerprint density at radius 1 is 1.53 bits per heavy atom. The first-order chi connectivity index (χ1) is 8.11. The standard InChI is InChI=1S/C13H22ClN3/c1-4-15-11(7-10-5-6-10)8-12-13(14)9(2)16-17(12)3/h10-11,15H,4-8H2,1-3H3. The molecule has 1 heterocycles. The summed E-state index contributed by atoms with van der Waals surface area (Å²) in [5.41, 5.74) is 2.10. The third-order valence-electron chi connectivity index (χ3n) is 3.51. The van der Waals surface area contributed by atoms with Gasteiger partial charge in [-0.2, -0.15) is 5.10 Å². The van der Waals surface area contributed by atoms with Crippen LogP contribution in [0.15, 0.2) is 0 Å². The zero-order valence-corrected chi connectivity index (χ0v) is 11.7. The molecule has 1 atom stereocenters. The van der Waals surface area contributed by atoms with Crippen LogP contribution in [-0.2, 0) is 13.5 Å². The average molecular weight is 256 g/mol. The van der Waals surface area contributed by atoms with Crippen molar-refractivity contribution in [2.24, 2.45) is 13.0 Å². The van der Waals surface area contributed by atoms with E-state index in [1.165, 1.54) is 19.3 Å². The molecule has 1 saturated carbocycles. The second-order valence-electron chi connectivity index (χ2n) is 5.11. The van der Waals surface area contributed by atoms with Crippen LogP contribution in [0.4, 0.5) is 0 Å². The van der Waals surface area contributed by atoms with Crippen molar-refractivity contribution >= 4 is 11.6 Å². The summed E-state index contributed by atoms with van der Waals surface area (Å²) in [4.78, 5) is 0. The first kappa shape index (κ1) is 12.9. The number of hydrogen-bond acceptors (Lipinski definition) is 2. The smallest absolute Gasteiger partial charge is 0.0847 e. The molecule has 1 unspecified atom stereocenters. The highest BCUT2D eigenvalue weighted by Crippen LogP contribution is 2.34. The predicted octanol–water partition coefficient (Wildman–Crippen LogP) is 2.70. The molecule has 1 aliphatic rings. The molecule has 0 spiro atoms. The van der Waals surface area contributed by atoms with Gasteiger partial charge >= 0.3 is 0 Å². The Bertz CT molecular complexity index is 382. The van der Waals surface area contributed by atoms with E-state index in [1.807, 2.05) is 18.7 Å². The molecule has 1 aromatic heterocycles. The van der Waals surface area contributed by atoms with Crippen LogP contribution in [0.1, 0.15) is 37.6 Å². The van der Waals surface area contributed by atoms with E-state index in [1.54, 1.807) is 0 Å². The third kappa shape index (κ3) is 3.23. The monoisotopic (exact) mass is 255 g/mol. The molecule has 1 fully saturated rings. The largest absolute Gasteiger partial charge is 0.314 e. The first-order valence-corrected chi connectivity index (χ1v) is 6.91. The number of rotatable bonds is 6. The lowest BCUT2D eigenvalue weighted by Gasteiger charge is -2.17. The molecule has 0 aliphatic heterocycles. The maximum Gasteiger partial charge on any atom is 0.0847 e. The van der Waals surface area contributed by atoms with Gasteiger partial charge in [-0.15, -0.1) is 0 Å². The van der Waals surface area contributed by atoms with Crippen LogP contribution < -0.4 is 5.32 Å². The lowest BCUT2D eigenvalue weighted by molar-refractivity contribution is 0.455. The highest BCUT2D eigenvalue weighted by atomic mass is 35.5. The molecule has 96 valence electrons. The van der Waals surface area contributed by atoms with E-state index in [0.29, 0.717) is 6.04 Å². The number of hydrogen-bond donors (Lipinski definition) is 1. The second-order valence-corrected chi connectivity index (χ2v) is 5.49. The Morgan fingerprint density at radius 2 is 2.24 bits per heavy atom. The molecule has 0 bridgehead atoms. The van der Waals surface area contributed by atoms with Gasteiger partial charge in [0.15, 0.2) is 0 Å². The van der Waals surface area contributed by atoms with Gasteiger partial charge < -0.3 is 5.32 Å². The molecule has 3 nitrogen and oxygen atoms in total. The Balaban J connectivity index is 2.04. The second kappa shape index (κ2) is 5.40. The van der Waals surface area contributed by atoms with Crippen LogP contribution in [0.3, 0.4) is 0 Å². The topological polar surface area (TPSA) is 29.9 Å². The van der Waals surface area contributed by atoms with Crippen LogP contribution in [-0.4, -0.2) is 22.4 Å². The molecule has 0 saturated heterocycles. The maximum atomic E-state index is 6.30. The zero-order chi connectivity index (χ0) is 12.4. The van der Waals surface area contributed by atoms with Crippen LogP contribution in [0.25, 0.3) is 0 Å². The quantitative estimate of drug-likeness (QED) is 0.847. The Labute approximate surface area is 109 Å². The van der Waals surface area contributed by atoms with E-state index in [-0.39, 0.29) is 0 Å². The fourth-order valence-corrected chi connectivity index (χ4v) is 2.66. The number of halogens is 1. The van der Waals surface area contributed by atoms with Crippen molar-refractivity contribution in [2.45, 2.75) is 45.6 Å². The summed E-state index contributed by atoms with van der Waals surface area (Å²) in [6.07, 6.45) is 5.06. The van der Waals surface area contributed by atoms with Gasteiger partial charge in [-0.1, -0.05) is 31.4 Å². The van der Waals surface area contributed by atoms with Crippen LogP contribution in [0.5, 0.6) is 0 Å². The minimum Gasteiger partial charge on any atom is -0.314 e. The molecule has 2 rings (SSSR count). The molecule has 1 aliphatic carbocycles. The van der Waals surface area contributed by atoms with Crippen LogP contribution in [0.2, 0.25) is 5.02 Å². The summed E-state index contributed by atoms with van der Waals surface area (Å²) < 4.78 is 1.93. The van der Waals surface area contributed by atoms with E-state index in [0.717, 1.165) is 35.3 Å². The fourth-order valence-electron chi connectivity index (χ4n) is 2.42. The summed E-state index contributed by atoms with van der Waals surface area (Å²) in [5.74, 6) is 0.937. The molecular formula is C13H22ClN3. The number of aromatic nitrogens is 2. The van der Waals surface area contributed by atoms with E-state index in [2.05, 4.69) is 17.3 Å². The summed E-state index contributed by atoms with van der Waals surface area (Å²) >= 11 is 6.30. The number of aryl methyl sites for hydroxylation is 2. The molecule has 17 heavy (non-hydrogen) atoms. The highest BCUT2D eigenvalue weighted by molar-refractivity contribution is 6.31. The van der Waals surface area contributed by atoms with Gasteiger partial charge in [0, 0.05) is 19.5 Å². The molecule has 0 amide bonds. The number of likely N-dealkylation sites (N-methyl/N-ethyl adjacent to an activating group) is 1. The van der Waals surface area contributed by atoms with Gasteiger partial charge in [0.1, 0.15) is 0 Å². The number of nitrogens with zero attached hydrogens (tertiary/aromatic N) is 2. The van der Waals surface area contributed by atoms with Crippen LogP contribution >= 0.6 is 11.6 Å². The van der Waals surface area contributed by atoms with Gasteiger partial charge in [0.2, 0.25) is 0 Å². The molecule has 1 aromatic rings. The minimum atomic E-state index is 0.541. The minimum absolute atomic E-state index is 0.541. The Hall–Kier alpha value is -0.540.